The summed E-state index contributed by atoms with van der Waals surface area (Å²) >= 11 is 0. The number of hydrogen-bond donors (Lipinski definition) is 12. The molecule has 0 unspecified atom stereocenters. The molecule has 0 spiro atoms. The van der Waals surface area contributed by atoms with Crippen LogP contribution in [0.25, 0.3) is 112 Å². The molecule has 12 heterocycles. The minimum absolute atomic E-state index is 0.134. The number of hydrogen-bond acceptors (Lipinski definition) is 26. The van der Waals surface area contributed by atoms with E-state index >= 15 is 0 Å². The average Bonchev–Trinajstić information content (AvgIpc) is 0.792. The third-order valence-electron chi connectivity index (χ3n) is 20.4. The van der Waals surface area contributed by atoms with Gasteiger partial charge < -0.3 is 49.5 Å². The van der Waals surface area contributed by atoms with Gasteiger partial charge in [-0.25, -0.2) is 39.1 Å². The number of pyridine rings is 1. The van der Waals surface area contributed by atoms with E-state index in [0.29, 0.717) is 112 Å². The summed E-state index contributed by atoms with van der Waals surface area (Å²) in [6.45, 7) is 22.3. The molecule has 598 valence electrons. The number of anilines is 1. The maximum Gasteiger partial charge on any atom is 0.349 e. The number of nitrogens with one attached hydrogen (secondary N) is 12. The molecule has 12 N–H and O–H groups in total. The minimum atomic E-state index is -0.697. The van der Waals surface area contributed by atoms with Crippen molar-refractivity contribution in [3.8, 4) is 46.1 Å². The van der Waals surface area contributed by atoms with Gasteiger partial charge in [0.15, 0.2) is 51.9 Å². The number of aryl methyl sites for hydroxylation is 8. The number of rotatable bonds is 20. The van der Waals surface area contributed by atoms with Crippen molar-refractivity contribution in [1.82, 2.24) is 140 Å². The Hall–Kier alpha value is -14.9. The van der Waals surface area contributed by atoms with Crippen LogP contribution in [-0.2, 0) is 45.7 Å². The molecule has 0 radical (unpaired) electrons. The van der Waals surface area contributed by atoms with E-state index in [0.717, 1.165) is 94.4 Å². The first-order chi connectivity index (χ1) is 56.9. The van der Waals surface area contributed by atoms with Gasteiger partial charge in [-0.05, 0) is 207 Å². The molecule has 118 heavy (non-hydrogen) atoms. The Labute approximate surface area is 664 Å². The van der Waals surface area contributed by atoms with E-state index in [4.69, 9.17) is 0 Å². The number of fused-ring (bicyclic) bond motifs is 10. The normalized spacial score (nSPS) is 11.5. The lowest BCUT2D eigenvalue weighted by molar-refractivity contribution is 0.597. The van der Waals surface area contributed by atoms with Gasteiger partial charge >= 0.3 is 22.8 Å². The predicted molar refractivity (Wildman–Crippen MR) is 444 cm³/mol. The van der Waals surface area contributed by atoms with Crippen LogP contribution in [0.2, 0.25) is 0 Å². The Morgan fingerprint density at radius 1 is 0.347 bits per heavy atom. The monoisotopic (exact) mass is 1590 g/mol. The van der Waals surface area contributed by atoms with Crippen LogP contribution in [-0.4, -0.2) is 157 Å². The summed E-state index contributed by atoms with van der Waals surface area (Å²) in [6.07, 6.45) is 4.18. The number of H-pyrrole nitrogens is 8. The molecule has 8 aliphatic heterocycles. The second kappa shape index (κ2) is 33.6. The summed E-state index contributed by atoms with van der Waals surface area (Å²) in [6, 6.07) is 33.2. The molecule has 18 rings (SSSR count). The molecule has 10 aromatic rings. The van der Waals surface area contributed by atoms with Gasteiger partial charge in [-0.15, -0.1) is 10.2 Å². The van der Waals surface area contributed by atoms with Crippen LogP contribution in [0.1, 0.15) is 61.5 Å². The largest absolute Gasteiger partial charge is 0.383 e. The molecule has 8 aliphatic rings. The van der Waals surface area contributed by atoms with Gasteiger partial charge in [-0.3, -0.25) is 43.9 Å². The zero-order valence-corrected chi connectivity index (χ0v) is 65.2. The molecule has 6 aromatic carbocycles. The summed E-state index contributed by atoms with van der Waals surface area (Å²) in [7, 11) is 0. The molecule has 0 amide bonds. The lowest BCUT2D eigenvalue weighted by Crippen LogP contribution is -2.30. The van der Waals surface area contributed by atoms with Gasteiger partial charge in [0.05, 0.1) is 44.1 Å². The van der Waals surface area contributed by atoms with E-state index in [1.807, 2.05) is 153 Å². The highest BCUT2D eigenvalue weighted by Crippen LogP contribution is 2.29. The van der Waals surface area contributed by atoms with Gasteiger partial charge in [-0.2, -0.15) is 40.6 Å². The van der Waals surface area contributed by atoms with Crippen LogP contribution >= 0.6 is 0 Å². The molecule has 0 bridgehead atoms. The topological polar surface area (TPSA) is 515 Å². The van der Waals surface area contributed by atoms with Crippen molar-refractivity contribution in [3.05, 3.63) is 271 Å². The van der Waals surface area contributed by atoms with Crippen LogP contribution in [0.3, 0.4) is 0 Å². The highest BCUT2D eigenvalue weighted by Gasteiger charge is 2.25. The number of tetrazole rings is 1. The third kappa shape index (κ3) is 17.0. The van der Waals surface area contributed by atoms with Gasteiger partial charge in [0.2, 0.25) is 5.56 Å². The Balaban J connectivity index is 0.000000123. The van der Waals surface area contributed by atoms with Crippen molar-refractivity contribution in [2.75, 3.05) is 38.0 Å². The summed E-state index contributed by atoms with van der Waals surface area (Å²) < 4.78 is 7.47. The fraction of sp³-hybridized carbons (Fsp3) is 0.250. The van der Waals surface area contributed by atoms with Crippen molar-refractivity contribution in [2.45, 2.75) is 101 Å². The van der Waals surface area contributed by atoms with Crippen LogP contribution in [0, 0.1) is 55.4 Å². The van der Waals surface area contributed by atoms with E-state index in [2.05, 4.69) is 151 Å². The summed E-state index contributed by atoms with van der Waals surface area (Å²) in [4.78, 5) is 156. The minimum Gasteiger partial charge on any atom is -0.383 e. The van der Waals surface area contributed by atoms with E-state index in [-0.39, 0.29) is 45.8 Å². The molecular formula is C80H79N29O9. The number of benzene rings is 6. The van der Waals surface area contributed by atoms with Gasteiger partial charge in [-0.1, -0.05) is 11.3 Å². The van der Waals surface area contributed by atoms with Crippen molar-refractivity contribution in [3.63, 3.8) is 0 Å². The molecule has 38 heteroatoms. The molecule has 0 fully saturated rings. The number of aromatic nitrogens is 25. The first-order valence-corrected chi connectivity index (χ1v) is 37.7. The Kier molecular flexibility index (Phi) is 22.3. The maximum absolute atomic E-state index is 12.4. The summed E-state index contributed by atoms with van der Waals surface area (Å²) in [5, 5.41) is 39.0. The zero-order valence-electron chi connectivity index (χ0n) is 65.2. The first kappa shape index (κ1) is 78.4. The molecule has 0 saturated heterocycles. The zero-order chi connectivity index (χ0) is 82.6. The predicted octanol–water partition coefficient (Wildman–Crippen LogP) is 4.28. The highest BCUT2D eigenvalue weighted by molar-refractivity contribution is 5.85. The average molecular weight is 1590 g/mol. The van der Waals surface area contributed by atoms with Crippen LogP contribution < -0.4 is 71.8 Å². The maximum atomic E-state index is 12.4. The number of nitrogens with zero attached hydrogens (tertiary/aromatic N) is 17. The quantitative estimate of drug-likeness (QED) is 0.0374. The fourth-order valence-electron chi connectivity index (χ4n) is 13.8. The smallest absolute Gasteiger partial charge is 0.349 e. The molecule has 38 nitrogen and oxygen atoms in total. The molecule has 4 aromatic heterocycles. The lowest BCUT2D eigenvalue weighted by Gasteiger charge is -2.18. The van der Waals surface area contributed by atoms with Crippen molar-refractivity contribution in [2.24, 2.45) is 0 Å². The van der Waals surface area contributed by atoms with E-state index < -0.39 is 45.0 Å². The van der Waals surface area contributed by atoms with Crippen molar-refractivity contribution < 1.29 is 0 Å². The standard InChI is InChI=1S/C23H22N6O2.C20H18N8O2.C20H20N6O3.C17H19N9O2/c1-13-9-18-19(10-14(13)2)29(21-20(26-18)22(30)28-23(31)27-21)8-7-24-12-15-3-4-17-16(11-15)5-6-25-17;1-10-7-15-16(8-11(10)2)28(18-17(22-15)19(29)24-20(30)23-18)6-5-21-12-3-4-13-14(9-12)26-27-25-13;1-11-7-14-15(8-12(11)2)26(18-17(23-14)19(28)25-20(29)24-18)6-5-21-10-13-3-4-22-16(27)9-13;1-9-7-11-12(8-10(9)2)26(6-5-18-4-3-13-22-24-25-23-13)15-14(19-11)16(27)21-17(28)20-15/h3-6,9-11,24-25H,7-8,12H2,1-2H3,(H,28,30,31);3-4,7-9,21H,5-6H2,1-2H3,(H,24,29,30)(H,25,26,27);3-4,7-9,21H,5-6,10H2,1-2H3,(H,22,27)(H,25,28,29);7-8,18H,3-6H2,1-2H3,(H,21,27,28)(H,22,23,24,25). The van der Waals surface area contributed by atoms with Crippen molar-refractivity contribution >= 4 is 71.8 Å². The summed E-state index contributed by atoms with van der Waals surface area (Å²) in [5.41, 5.74) is 15.9. The molecule has 0 saturated carbocycles. The fourth-order valence-corrected chi connectivity index (χ4v) is 13.8. The van der Waals surface area contributed by atoms with Gasteiger partial charge in [0, 0.05) is 108 Å². The second-order valence-corrected chi connectivity index (χ2v) is 28.5. The van der Waals surface area contributed by atoms with E-state index in [1.54, 1.807) is 6.20 Å². The molecule has 0 aliphatic carbocycles. The Bertz CT molecular complexity index is 7290. The Morgan fingerprint density at radius 3 is 1.19 bits per heavy atom. The summed E-state index contributed by atoms with van der Waals surface area (Å²) in [5.74, 6) is 1.75. The van der Waals surface area contributed by atoms with Crippen LogP contribution in [0.15, 0.2) is 159 Å². The SMILES string of the molecule is Cc1cc2nc3c(=O)[nH]c(=O)nc-3n(CCNCCc3nn[nH]n3)c2cc1C.Cc1cc2nc3c(=O)[nH]c(=O)nc-3n(CCNCc3cc[nH]c(=O)c3)c2cc1C.Cc1cc2nc3c(=O)[nH]c(=O)nc-3n(CCNCc3ccc4[nH]ccc4c3)c2cc1C.Cc1cc2nc3c(=O)[nH]c(=O)nc-3n(CCNc3ccc4n[nH]nc4c3)c2cc1C. The van der Waals surface area contributed by atoms with E-state index in [1.165, 1.54) is 17.0 Å². The van der Waals surface area contributed by atoms with Crippen LogP contribution in [0.5, 0.6) is 0 Å². The first-order valence-electron chi connectivity index (χ1n) is 37.7. The molecule has 0 atom stereocenters. The third-order valence-corrected chi connectivity index (χ3v) is 20.4. The van der Waals surface area contributed by atoms with Gasteiger partial charge in [0.25, 0.3) is 22.2 Å². The van der Waals surface area contributed by atoms with E-state index in [9.17, 15) is 43.2 Å². The Morgan fingerprint density at radius 2 is 0.754 bits per heavy atom. The van der Waals surface area contributed by atoms with Gasteiger partial charge in [0.1, 0.15) is 11.0 Å². The second-order valence-electron chi connectivity index (χ2n) is 28.5. The van der Waals surface area contributed by atoms with Crippen molar-refractivity contribution in [1.29, 1.82) is 0 Å². The number of aromatic amines is 8. The highest BCUT2D eigenvalue weighted by atomic mass is 16.2. The lowest BCUT2D eigenvalue weighted by atomic mass is 10.1. The van der Waals surface area contributed by atoms with Crippen LogP contribution in [0.4, 0.5) is 5.69 Å². The molecular weight excluding hydrogens is 1510 g/mol.